The van der Waals surface area contributed by atoms with E-state index in [0.29, 0.717) is 18.1 Å². The van der Waals surface area contributed by atoms with Crippen LogP contribution in [-0.4, -0.2) is 29.8 Å². The van der Waals surface area contributed by atoms with Crippen LogP contribution in [0.2, 0.25) is 5.02 Å². The Morgan fingerprint density at radius 3 is 2.61 bits per heavy atom. The van der Waals surface area contributed by atoms with E-state index in [4.69, 9.17) is 22.1 Å². The quantitative estimate of drug-likeness (QED) is 0.798. The lowest BCUT2D eigenvalue weighted by Crippen LogP contribution is -2.45. The predicted molar refractivity (Wildman–Crippen MR) is 94.0 cm³/mol. The van der Waals surface area contributed by atoms with Crippen LogP contribution in [0, 0.1) is 0 Å². The fourth-order valence-corrected chi connectivity index (χ4v) is 2.47. The summed E-state index contributed by atoms with van der Waals surface area (Å²) in [7, 11) is 0. The van der Waals surface area contributed by atoms with Gasteiger partial charge in [0, 0.05) is 40.1 Å². The van der Waals surface area contributed by atoms with E-state index in [0.717, 1.165) is 16.6 Å². The molecule has 1 aromatic carbocycles. The van der Waals surface area contributed by atoms with Crippen LogP contribution in [0.15, 0.2) is 24.3 Å². The first-order valence-electron chi connectivity index (χ1n) is 7.59. The summed E-state index contributed by atoms with van der Waals surface area (Å²) in [5.74, 6) is 0. The maximum absolute atomic E-state index is 11.9. The first-order chi connectivity index (χ1) is 10.6. The molecule has 0 aliphatic carbocycles. The van der Waals surface area contributed by atoms with Crippen molar-refractivity contribution in [1.29, 1.82) is 0 Å². The third kappa shape index (κ3) is 4.39. The van der Waals surface area contributed by atoms with E-state index < -0.39 is 17.1 Å². The van der Waals surface area contributed by atoms with Gasteiger partial charge in [-0.2, -0.15) is 0 Å². The van der Waals surface area contributed by atoms with Crippen molar-refractivity contribution in [1.82, 2.24) is 10.3 Å². The van der Waals surface area contributed by atoms with Gasteiger partial charge in [-0.1, -0.05) is 18.5 Å². The number of carbonyl (C=O) groups excluding carboxylic acids is 1. The van der Waals surface area contributed by atoms with Crippen LogP contribution in [-0.2, 0) is 10.2 Å². The van der Waals surface area contributed by atoms with Crippen LogP contribution < -0.4 is 11.1 Å². The van der Waals surface area contributed by atoms with Crippen molar-refractivity contribution in [3.05, 3.63) is 35.0 Å². The summed E-state index contributed by atoms with van der Waals surface area (Å²) < 4.78 is 5.27. The number of aromatic amines is 1. The molecule has 0 aliphatic rings. The highest BCUT2D eigenvalue weighted by Gasteiger charge is 2.28. The standard InChI is InChI=1S/C17H24ClN3O2/c1-16(2,3)23-15(22)20-10-17(4,9-19)14-8-11-7-12(18)5-6-13(11)21-14/h5-8,21H,9-10,19H2,1-4H3,(H,20,22). The lowest BCUT2D eigenvalue weighted by molar-refractivity contribution is 0.0516. The Morgan fingerprint density at radius 2 is 2.00 bits per heavy atom. The fraction of sp³-hybridized carbons (Fsp3) is 0.471. The molecule has 23 heavy (non-hydrogen) atoms. The Labute approximate surface area is 141 Å². The van der Waals surface area contributed by atoms with Gasteiger partial charge in [-0.05, 0) is 45.0 Å². The zero-order valence-electron chi connectivity index (χ0n) is 14.0. The SMILES string of the molecule is CC(C)(C)OC(=O)NCC(C)(CN)c1cc2cc(Cl)ccc2[nH]1. The number of nitrogens with two attached hydrogens (primary N) is 1. The summed E-state index contributed by atoms with van der Waals surface area (Å²) >= 11 is 6.03. The second-order valence-corrected chi connectivity index (χ2v) is 7.47. The highest BCUT2D eigenvalue weighted by molar-refractivity contribution is 6.31. The van der Waals surface area contributed by atoms with Crippen LogP contribution in [0.25, 0.3) is 10.9 Å². The molecule has 2 aromatic rings. The molecule has 5 nitrogen and oxygen atoms in total. The van der Waals surface area contributed by atoms with Crippen LogP contribution in [0.5, 0.6) is 0 Å². The van der Waals surface area contributed by atoms with Crippen molar-refractivity contribution in [3.8, 4) is 0 Å². The molecule has 0 spiro atoms. The highest BCUT2D eigenvalue weighted by Crippen LogP contribution is 2.27. The minimum absolute atomic E-state index is 0.374. The molecule has 1 aromatic heterocycles. The van der Waals surface area contributed by atoms with Crippen molar-refractivity contribution in [2.24, 2.45) is 5.73 Å². The Morgan fingerprint density at radius 1 is 1.30 bits per heavy atom. The van der Waals surface area contributed by atoms with E-state index in [1.807, 2.05) is 52.0 Å². The zero-order chi connectivity index (χ0) is 17.3. The highest BCUT2D eigenvalue weighted by atomic mass is 35.5. The van der Waals surface area contributed by atoms with Gasteiger partial charge in [0.05, 0.1) is 0 Å². The number of halogens is 1. The lowest BCUT2D eigenvalue weighted by Gasteiger charge is -2.28. The molecular formula is C17H24ClN3O2. The molecule has 0 fully saturated rings. The molecule has 1 heterocycles. The number of hydrogen-bond donors (Lipinski definition) is 3. The molecule has 4 N–H and O–H groups in total. The Hall–Kier alpha value is -1.72. The van der Waals surface area contributed by atoms with E-state index in [-0.39, 0.29) is 0 Å². The number of rotatable bonds is 4. The second kappa shape index (κ2) is 6.42. The average molecular weight is 338 g/mol. The molecule has 0 radical (unpaired) electrons. The number of amides is 1. The number of benzene rings is 1. The van der Waals surface area contributed by atoms with Crippen LogP contribution >= 0.6 is 11.6 Å². The van der Waals surface area contributed by atoms with E-state index >= 15 is 0 Å². The first kappa shape index (κ1) is 17.6. The van der Waals surface area contributed by atoms with Crippen molar-refractivity contribution < 1.29 is 9.53 Å². The molecule has 1 amide bonds. The summed E-state index contributed by atoms with van der Waals surface area (Å²) in [5, 5.41) is 4.50. The largest absolute Gasteiger partial charge is 0.444 e. The van der Waals surface area contributed by atoms with E-state index in [2.05, 4.69) is 10.3 Å². The van der Waals surface area contributed by atoms with E-state index in [9.17, 15) is 4.79 Å². The fourth-order valence-electron chi connectivity index (χ4n) is 2.29. The smallest absolute Gasteiger partial charge is 0.407 e. The van der Waals surface area contributed by atoms with Gasteiger partial charge in [-0.25, -0.2) is 4.79 Å². The first-order valence-corrected chi connectivity index (χ1v) is 7.96. The molecule has 1 unspecified atom stereocenters. The third-order valence-corrected chi connectivity index (χ3v) is 3.94. The number of hydrogen-bond acceptors (Lipinski definition) is 3. The zero-order valence-corrected chi connectivity index (χ0v) is 14.8. The third-order valence-electron chi connectivity index (χ3n) is 3.71. The molecule has 126 valence electrons. The molecular weight excluding hydrogens is 314 g/mol. The number of fused-ring (bicyclic) bond motifs is 1. The van der Waals surface area contributed by atoms with E-state index in [1.165, 1.54) is 0 Å². The normalized spacial score (nSPS) is 14.5. The van der Waals surface area contributed by atoms with Crippen LogP contribution in [0.3, 0.4) is 0 Å². The van der Waals surface area contributed by atoms with Gasteiger partial charge < -0.3 is 20.8 Å². The Kier molecular flexibility index (Phi) is 4.92. The van der Waals surface area contributed by atoms with Gasteiger partial charge >= 0.3 is 6.09 Å². The average Bonchev–Trinajstić information content (AvgIpc) is 2.86. The molecule has 0 aliphatic heterocycles. The topological polar surface area (TPSA) is 80.1 Å². The van der Waals surface area contributed by atoms with Gasteiger partial charge in [0.1, 0.15) is 5.60 Å². The van der Waals surface area contributed by atoms with Crippen molar-refractivity contribution in [2.45, 2.75) is 38.7 Å². The summed E-state index contributed by atoms with van der Waals surface area (Å²) in [6.45, 7) is 8.24. The number of H-pyrrole nitrogens is 1. The summed E-state index contributed by atoms with van der Waals surface area (Å²) in [6.07, 6.45) is -0.448. The van der Waals surface area contributed by atoms with Crippen molar-refractivity contribution >= 4 is 28.6 Å². The van der Waals surface area contributed by atoms with Crippen LogP contribution in [0.1, 0.15) is 33.4 Å². The maximum Gasteiger partial charge on any atom is 0.407 e. The number of ether oxygens (including phenoxy) is 1. The number of aromatic nitrogens is 1. The summed E-state index contributed by atoms with van der Waals surface area (Å²) in [5.41, 5.74) is 6.95. The summed E-state index contributed by atoms with van der Waals surface area (Å²) in [4.78, 5) is 15.2. The number of alkyl carbamates (subject to hydrolysis) is 1. The molecule has 0 saturated carbocycles. The number of nitrogens with one attached hydrogen (secondary N) is 2. The van der Waals surface area contributed by atoms with Crippen molar-refractivity contribution in [2.75, 3.05) is 13.1 Å². The van der Waals surface area contributed by atoms with Gasteiger partial charge in [0.25, 0.3) is 0 Å². The van der Waals surface area contributed by atoms with Gasteiger partial charge in [-0.15, -0.1) is 0 Å². The van der Waals surface area contributed by atoms with Crippen molar-refractivity contribution in [3.63, 3.8) is 0 Å². The molecule has 1 atom stereocenters. The predicted octanol–water partition coefficient (Wildman–Crippen LogP) is 3.56. The molecule has 6 heteroatoms. The Balaban J connectivity index is 2.16. The lowest BCUT2D eigenvalue weighted by atomic mass is 9.87. The van der Waals surface area contributed by atoms with Crippen LogP contribution in [0.4, 0.5) is 4.79 Å². The summed E-state index contributed by atoms with van der Waals surface area (Å²) in [6, 6.07) is 7.68. The maximum atomic E-state index is 11.9. The Bertz CT molecular complexity index is 705. The number of carbonyl (C=O) groups is 1. The minimum Gasteiger partial charge on any atom is -0.444 e. The van der Waals surface area contributed by atoms with Gasteiger partial charge in [0.15, 0.2) is 0 Å². The molecule has 0 saturated heterocycles. The second-order valence-electron chi connectivity index (χ2n) is 7.03. The van der Waals surface area contributed by atoms with Gasteiger partial charge in [-0.3, -0.25) is 0 Å². The van der Waals surface area contributed by atoms with E-state index in [1.54, 1.807) is 0 Å². The molecule has 0 bridgehead atoms. The molecule has 2 rings (SSSR count). The van der Waals surface area contributed by atoms with Gasteiger partial charge in [0.2, 0.25) is 0 Å². The monoisotopic (exact) mass is 337 g/mol. The minimum atomic E-state index is -0.527.